The Morgan fingerprint density at radius 2 is 2.19 bits per heavy atom. The fourth-order valence-corrected chi connectivity index (χ4v) is 1.60. The second-order valence-corrected chi connectivity index (χ2v) is 3.58. The van der Waals surface area contributed by atoms with E-state index in [1.165, 1.54) is 7.11 Å². The summed E-state index contributed by atoms with van der Waals surface area (Å²) in [6.45, 7) is 1.84. The van der Waals surface area contributed by atoms with Crippen LogP contribution in [0.15, 0.2) is 28.7 Å². The SMILES string of the molecule is COC(=O)C(O)c1ccc2cc(C)oc2c1. The Hall–Kier alpha value is -1.81. The third-order valence-electron chi connectivity index (χ3n) is 2.41. The monoisotopic (exact) mass is 220 g/mol. The Morgan fingerprint density at radius 3 is 2.88 bits per heavy atom. The van der Waals surface area contributed by atoms with Crippen LogP contribution in [-0.4, -0.2) is 18.2 Å². The number of fused-ring (bicyclic) bond motifs is 1. The Bertz CT molecular complexity index is 527. The number of rotatable bonds is 2. The molecule has 0 bridgehead atoms. The molecule has 16 heavy (non-hydrogen) atoms. The summed E-state index contributed by atoms with van der Waals surface area (Å²) in [6.07, 6.45) is -1.26. The van der Waals surface area contributed by atoms with Crippen molar-refractivity contribution in [3.8, 4) is 0 Å². The van der Waals surface area contributed by atoms with Gasteiger partial charge in [-0.2, -0.15) is 0 Å². The zero-order valence-corrected chi connectivity index (χ0v) is 9.06. The molecule has 0 amide bonds. The minimum Gasteiger partial charge on any atom is -0.467 e. The fraction of sp³-hybridized carbons (Fsp3) is 0.250. The van der Waals surface area contributed by atoms with Crippen LogP contribution in [-0.2, 0) is 9.53 Å². The van der Waals surface area contributed by atoms with Crippen molar-refractivity contribution >= 4 is 16.9 Å². The molecule has 4 nitrogen and oxygen atoms in total. The lowest BCUT2D eigenvalue weighted by Gasteiger charge is -2.07. The summed E-state index contributed by atoms with van der Waals surface area (Å²) in [5.41, 5.74) is 1.12. The topological polar surface area (TPSA) is 59.7 Å². The molecular weight excluding hydrogens is 208 g/mol. The standard InChI is InChI=1S/C12H12O4/c1-7-5-8-3-4-9(6-10(8)16-7)11(13)12(14)15-2/h3-6,11,13H,1-2H3. The maximum atomic E-state index is 11.2. The van der Waals surface area contributed by atoms with Crippen LogP contribution in [0.25, 0.3) is 11.0 Å². The van der Waals surface area contributed by atoms with Crippen molar-refractivity contribution in [3.63, 3.8) is 0 Å². The van der Waals surface area contributed by atoms with Crippen molar-refractivity contribution in [1.29, 1.82) is 0 Å². The number of aliphatic hydroxyl groups is 1. The summed E-state index contributed by atoms with van der Waals surface area (Å²) in [6, 6.07) is 7.01. The molecular formula is C12H12O4. The van der Waals surface area contributed by atoms with Gasteiger partial charge in [0.15, 0.2) is 6.10 Å². The summed E-state index contributed by atoms with van der Waals surface area (Å²) in [7, 11) is 1.24. The average Bonchev–Trinajstić information content (AvgIpc) is 2.65. The maximum absolute atomic E-state index is 11.2. The number of esters is 1. The first-order chi connectivity index (χ1) is 7.61. The Kier molecular flexibility index (Phi) is 2.66. The molecule has 0 saturated heterocycles. The zero-order valence-electron chi connectivity index (χ0n) is 9.06. The van der Waals surface area contributed by atoms with Gasteiger partial charge in [-0.05, 0) is 24.6 Å². The lowest BCUT2D eigenvalue weighted by molar-refractivity contribution is -0.150. The maximum Gasteiger partial charge on any atom is 0.339 e. The molecule has 1 unspecified atom stereocenters. The number of aliphatic hydroxyl groups excluding tert-OH is 1. The first kappa shape index (κ1) is 10.7. The quantitative estimate of drug-likeness (QED) is 0.786. The van der Waals surface area contributed by atoms with E-state index in [9.17, 15) is 9.90 Å². The van der Waals surface area contributed by atoms with E-state index >= 15 is 0 Å². The summed E-state index contributed by atoms with van der Waals surface area (Å²) >= 11 is 0. The van der Waals surface area contributed by atoms with Crippen LogP contribution < -0.4 is 0 Å². The van der Waals surface area contributed by atoms with Crippen LogP contribution in [0.2, 0.25) is 0 Å². The number of methoxy groups -OCH3 is 1. The van der Waals surface area contributed by atoms with E-state index in [0.717, 1.165) is 11.1 Å². The molecule has 0 radical (unpaired) electrons. The summed E-state index contributed by atoms with van der Waals surface area (Å²) in [4.78, 5) is 11.2. The van der Waals surface area contributed by atoms with Crippen LogP contribution in [0, 0.1) is 6.92 Å². The number of furan rings is 1. The highest BCUT2D eigenvalue weighted by molar-refractivity contribution is 5.82. The van der Waals surface area contributed by atoms with Gasteiger partial charge >= 0.3 is 5.97 Å². The molecule has 2 aromatic rings. The smallest absolute Gasteiger partial charge is 0.339 e. The number of hydrogen-bond acceptors (Lipinski definition) is 4. The van der Waals surface area contributed by atoms with Crippen molar-refractivity contribution in [3.05, 3.63) is 35.6 Å². The predicted molar refractivity (Wildman–Crippen MR) is 57.9 cm³/mol. The molecule has 1 N–H and O–H groups in total. The van der Waals surface area contributed by atoms with E-state index in [1.54, 1.807) is 18.2 Å². The number of carbonyl (C=O) groups excluding carboxylic acids is 1. The lowest BCUT2D eigenvalue weighted by atomic mass is 10.1. The van der Waals surface area contributed by atoms with Crippen LogP contribution in [0.5, 0.6) is 0 Å². The van der Waals surface area contributed by atoms with Crippen LogP contribution >= 0.6 is 0 Å². The van der Waals surface area contributed by atoms with Gasteiger partial charge in [0.2, 0.25) is 0 Å². The van der Waals surface area contributed by atoms with Gasteiger partial charge in [0.1, 0.15) is 11.3 Å². The van der Waals surface area contributed by atoms with Gasteiger partial charge in [0.05, 0.1) is 7.11 Å². The predicted octanol–water partition coefficient (Wildman–Crippen LogP) is 1.95. The molecule has 1 heterocycles. The third kappa shape index (κ3) is 1.79. The lowest BCUT2D eigenvalue weighted by Crippen LogP contribution is -2.13. The van der Waals surface area contributed by atoms with E-state index in [2.05, 4.69) is 4.74 Å². The third-order valence-corrected chi connectivity index (χ3v) is 2.41. The molecule has 0 aliphatic carbocycles. The molecule has 0 fully saturated rings. The molecule has 0 aliphatic rings. The Balaban J connectivity index is 2.42. The molecule has 0 aliphatic heterocycles. The van der Waals surface area contributed by atoms with Crippen molar-refractivity contribution in [2.45, 2.75) is 13.0 Å². The van der Waals surface area contributed by atoms with Crippen molar-refractivity contribution in [2.24, 2.45) is 0 Å². The molecule has 4 heteroatoms. The van der Waals surface area contributed by atoms with Gasteiger partial charge in [-0.1, -0.05) is 12.1 Å². The average molecular weight is 220 g/mol. The first-order valence-corrected chi connectivity index (χ1v) is 4.88. The van der Waals surface area contributed by atoms with E-state index in [1.807, 2.05) is 13.0 Å². The largest absolute Gasteiger partial charge is 0.467 e. The van der Waals surface area contributed by atoms with Crippen molar-refractivity contribution < 1.29 is 19.1 Å². The minimum absolute atomic E-state index is 0.466. The van der Waals surface area contributed by atoms with Crippen molar-refractivity contribution in [1.82, 2.24) is 0 Å². The summed E-state index contributed by atoms with van der Waals surface area (Å²) < 4.78 is 9.87. The summed E-state index contributed by atoms with van der Waals surface area (Å²) in [5.74, 6) is 0.113. The van der Waals surface area contributed by atoms with Gasteiger partial charge in [0, 0.05) is 5.39 Å². The molecule has 84 valence electrons. The highest BCUT2D eigenvalue weighted by atomic mass is 16.5. The summed E-state index contributed by atoms with van der Waals surface area (Å²) in [5, 5.41) is 10.6. The van der Waals surface area contributed by atoms with Gasteiger partial charge in [-0.3, -0.25) is 0 Å². The van der Waals surface area contributed by atoms with Gasteiger partial charge < -0.3 is 14.3 Å². The number of benzene rings is 1. The second kappa shape index (κ2) is 3.98. The van der Waals surface area contributed by atoms with E-state index in [4.69, 9.17) is 4.42 Å². The van der Waals surface area contributed by atoms with E-state index in [0.29, 0.717) is 11.1 Å². The zero-order chi connectivity index (χ0) is 11.7. The van der Waals surface area contributed by atoms with Gasteiger partial charge in [0.25, 0.3) is 0 Å². The fourth-order valence-electron chi connectivity index (χ4n) is 1.60. The van der Waals surface area contributed by atoms with Crippen molar-refractivity contribution in [2.75, 3.05) is 7.11 Å². The van der Waals surface area contributed by atoms with Crippen LogP contribution in [0.4, 0.5) is 0 Å². The van der Waals surface area contributed by atoms with Gasteiger partial charge in [-0.25, -0.2) is 4.79 Å². The highest BCUT2D eigenvalue weighted by Gasteiger charge is 2.18. The second-order valence-electron chi connectivity index (χ2n) is 3.58. The molecule has 0 spiro atoms. The Morgan fingerprint density at radius 1 is 1.44 bits per heavy atom. The minimum atomic E-state index is -1.26. The van der Waals surface area contributed by atoms with Crippen LogP contribution in [0.3, 0.4) is 0 Å². The number of aryl methyl sites for hydroxylation is 1. The molecule has 2 rings (SSSR count). The number of ether oxygens (including phenoxy) is 1. The highest BCUT2D eigenvalue weighted by Crippen LogP contribution is 2.23. The van der Waals surface area contributed by atoms with E-state index < -0.39 is 12.1 Å². The molecule has 1 aromatic carbocycles. The Labute approximate surface area is 92.4 Å². The molecule has 1 atom stereocenters. The normalized spacial score (nSPS) is 12.7. The molecule has 0 saturated carbocycles. The van der Waals surface area contributed by atoms with Gasteiger partial charge in [-0.15, -0.1) is 0 Å². The van der Waals surface area contributed by atoms with E-state index in [-0.39, 0.29) is 0 Å². The van der Waals surface area contributed by atoms with Crippen LogP contribution in [0.1, 0.15) is 17.4 Å². The molecule has 1 aromatic heterocycles. The number of hydrogen-bond donors (Lipinski definition) is 1. The first-order valence-electron chi connectivity index (χ1n) is 4.88. The number of carbonyl (C=O) groups is 1.